The second kappa shape index (κ2) is 11.2. The van der Waals surface area contributed by atoms with E-state index in [1.807, 2.05) is 0 Å². The van der Waals surface area contributed by atoms with Crippen LogP contribution in [0.1, 0.15) is 30.9 Å². The fourth-order valence-electron chi connectivity index (χ4n) is 3.95. The first-order valence-electron chi connectivity index (χ1n) is 10.7. The number of piperidine rings is 1. The highest BCUT2D eigenvalue weighted by Gasteiger charge is 2.27. The number of hydrogen-bond acceptors (Lipinski definition) is 5. The van der Waals surface area contributed by atoms with Gasteiger partial charge in [0.15, 0.2) is 5.96 Å². The normalized spacial score (nSPS) is 19.2. The molecule has 2 fully saturated rings. The number of methoxy groups -OCH3 is 1. The molecule has 0 aromatic heterocycles. The Morgan fingerprint density at radius 1 is 1.17 bits per heavy atom. The number of likely N-dealkylation sites (tertiary alicyclic amines) is 1. The SMILES string of the molecule is CCNC(=NCc1ccccc1CN1CCOCC1)N1CCC(C(=O)OC)CC1. The average molecular weight is 403 g/mol. The molecule has 0 amide bonds. The van der Waals surface area contributed by atoms with Crippen molar-refractivity contribution in [2.45, 2.75) is 32.9 Å². The van der Waals surface area contributed by atoms with E-state index in [4.69, 9.17) is 14.5 Å². The van der Waals surface area contributed by atoms with Crippen molar-refractivity contribution in [1.29, 1.82) is 0 Å². The van der Waals surface area contributed by atoms with Crippen LogP contribution >= 0.6 is 0 Å². The molecule has 3 rings (SSSR count). The second-order valence-corrected chi connectivity index (χ2v) is 7.61. The first kappa shape index (κ1) is 21.6. The average Bonchev–Trinajstić information content (AvgIpc) is 2.78. The Hall–Kier alpha value is -2.12. The minimum absolute atomic E-state index is 0.00775. The predicted molar refractivity (Wildman–Crippen MR) is 114 cm³/mol. The number of carbonyl (C=O) groups is 1. The molecule has 0 atom stereocenters. The van der Waals surface area contributed by atoms with Crippen LogP contribution in [0.2, 0.25) is 0 Å². The molecule has 1 N–H and O–H groups in total. The van der Waals surface area contributed by atoms with Crippen LogP contribution < -0.4 is 5.32 Å². The maximum Gasteiger partial charge on any atom is 0.308 e. The summed E-state index contributed by atoms with van der Waals surface area (Å²) in [6, 6.07) is 8.57. The second-order valence-electron chi connectivity index (χ2n) is 7.61. The van der Waals surface area contributed by atoms with Crippen molar-refractivity contribution in [2.75, 3.05) is 53.0 Å². The van der Waals surface area contributed by atoms with Gasteiger partial charge in [-0.3, -0.25) is 9.69 Å². The number of esters is 1. The highest BCUT2D eigenvalue weighted by molar-refractivity contribution is 5.80. The molecular weight excluding hydrogens is 368 g/mol. The first-order chi connectivity index (χ1) is 14.2. The Kier molecular flexibility index (Phi) is 8.31. The summed E-state index contributed by atoms with van der Waals surface area (Å²) >= 11 is 0. The number of carbonyl (C=O) groups excluding carboxylic acids is 1. The molecule has 2 heterocycles. The minimum atomic E-state index is -0.0939. The van der Waals surface area contributed by atoms with E-state index >= 15 is 0 Å². The number of aliphatic imine (C=N–C) groups is 1. The van der Waals surface area contributed by atoms with Crippen LogP contribution in [0.5, 0.6) is 0 Å². The zero-order chi connectivity index (χ0) is 20.5. The fraction of sp³-hybridized carbons (Fsp3) is 0.636. The maximum atomic E-state index is 11.8. The molecule has 2 saturated heterocycles. The Morgan fingerprint density at radius 2 is 1.86 bits per heavy atom. The molecule has 0 unspecified atom stereocenters. The number of benzene rings is 1. The fourth-order valence-corrected chi connectivity index (χ4v) is 3.95. The Morgan fingerprint density at radius 3 is 2.52 bits per heavy atom. The van der Waals surface area contributed by atoms with Gasteiger partial charge in [0, 0.05) is 39.3 Å². The molecule has 1 aromatic carbocycles. The van der Waals surface area contributed by atoms with E-state index in [2.05, 4.69) is 46.3 Å². The summed E-state index contributed by atoms with van der Waals surface area (Å²) in [5.41, 5.74) is 2.59. The lowest BCUT2D eigenvalue weighted by molar-refractivity contribution is -0.146. The van der Waals surface area contributed by atoms with Gasteiger partial charge in [0.2, 0.25) is 0 Å². The number of nitrogens with zero attached hydrogens (tertiary/aromatic N) is 3. The van der Waals surface area contributed by atoms with Gasteiger partial charge in [0.05, 0.1) is 32.8 Å². The molecular formula is C22H34N4O3. The molecule has 1 aromatic rings. The third-order valence-corrected chi connectivity index (χ3v) is 5.68. The van der Waals surface area contributed by atoms with Crippen molar-refractivity contribution in [3.63, 3.8) is 0 Å². The Labute approximate surface area is 174 Å². The first-order valence-corrected chi connectivity index (χ1v) is 10.7. The summed E-state index contributed by atoms with van der Waals surface area (Å²) in [7, 11) is 1.47. The smallest absolute Gasteiger partial charge is 0.308 e. The van der Waals surface area contributed by atoms with Crippen LogP contribution in [0.15, 0.2) is 29.3 Å². The van der Waals surface area contributed by atoms with Crippen molar-refractivity contribution >= 4 is 11.9 Å². The lowest BCUT2D eigenvalue weighted by atomic mass is 9.97. The van der Waals surface area contributed by atoms with Crippen LogP contribution in [0.4, 0.5) is 0 Å². The molecule has 160 valence electrons. The monoisotopic (exact) mass is 402 g/mol. The van der Waals surface area contributed by atoms with Gasteiger partial charge in [-0.15, -0.1) is 0 Å². The van der Waals surface area contributed by atoms with Crippen molar-refractivity contribution < 1.29 is 14.3 Å². The topological polar surface area (TPSA) is 66.4 Å². The van der Waals surface area contributed by atoms with Crippen molar-refractivity contribution in [3.8, 4) is 0 Å². The van der Waals surface area contributed by atoms with Crippen LogP contribution in [-0.2, 0) is 27.4 Å². The Balaban J connectivity index is 1.64. The molecule has 7 nitrogen and oxygen atoms in total. The minimum Gasteiger partial charge on any atom is -0.469 e. The highest BCUT2D eigenvalue weighted by atomic mass is 16.5. The van der Waals surface area contributed by atoms with E-state index in [-0.39, 0.29) is 11.9 Å². The quantitative estimate of drug-likeness (QED) is 0.445. The summed E-state index contributed by atoms with van der Waals surface area (Å²) in [4.78, 5) is 21.4. The van der Waals surface area contributed by atoms with Gasteiger partial charge >= 0.3 is 5.97 Å². The largest absolute Gasteiger partial charge is 0.469 e. The molecule has 0 radical (unpaired) electrons. The molecule has 0 aliphatic carbocycles. The lowest BCUT2D eigenvalue weighted by Gasteiger charge is -2.33. The van der Waals surface area contributed by atoms with E-state index in [1.54, 1.807) is 0 Å². The summed E-state index contributed by atoms with van der Waals surface area (Å²) < 4.78 is 10.4. The lowest BCUT2D eigenvalue weighted by Crippen LogP contribution is -2.46. The van der Waals surface area contributed by atoms with E-state index in [0.29, 0.717) is 6.54 Å². The van der Waals surface area contributed by atoms with Crippen LogP contribution in [0, 0.1) is 5.92 Å². The molecule has 2 aliphatic rings. The number of nitrogens with one attached hydrogen (secondary N) is 1. The molecule has 29 heavy (non-hydrogen) atoms. The van der Waals surface area contributed by atoms with Gasteiger partial charge in [0.25, 0.3) is 0 Å². The molecule has 0 spiro atoms. The summed E-state index contributed by atoms with van der Waals surface area (Å²) in [6.07, 6.45) is 1.62. The zero-order valence-electron chi connectivity index (χ0n) is 17.7. The van der Waals surface area contributed by atoms with Crippen molar-refractivity contribution in [2.24, 2.45) is 10.9 Å². The summed E-state index contributed by atoms with van der Waals surface area (Å²) in [6.45, 7) is 9.73. The number of ether oxygens (including phenoxy) is 2. The molecule has 0 bridgehead atoms. The molecule has 0 saturated carbocycles. The van der Waals surface area contributed by atoms with Gasteiger partial charge < -0.3 is 19.7 Å². The number of rotatable bonds is 6. The third-order valence-electron chi connectivity index (χ3n) is 5.68. The molecule has 2 aliphatic heterocycles. The standard InChI is InChI=1S/C22H34N4O3/c1-3-23-22(26-10-8-18(9-11-26)21(27)28-2)24-16-19-6-4-5-7-20(19)17-25-12-14-29-15-13-25/h4-7,18H,3,8-17H2,1-2H3,(H,23,24). The van der Waals surface area contributed by atoms with Crippen LogP contribution in [0.3, 0.4) is 0 Å². The highest BCUT2D eigenvalue weighted by Crippen LogP contribution is 2.19. The number of morpholine rings is 1. The van der Waals surface area contributed by atoms with Crippen LogP contribution in [-0.4, -0.2) is 74.8 Å². The van der Waals surface area contributed by atoms with Gasteiger partial charge in [-0.25, -0.2) is 4.99 Å². The summed E-state index contributed by atoms with van der Waals surface area (Å²) in [5.74, 6) is 0.842. The van der Waals surface area contributed by atoms with Gasteiger partial charge in [-0.1, -0.05) is 24.3 Å². The van der Waals surface area contributed by atoms with E-state index in [0.717, 1.165) is 71.3 Å². The van der Waals surface area contributed by atoms with Gasteiger partial charge in [0.1, 0.15) is 0 Å². The van der Waals surface area contributed by atoms with E-state index in [9.17, 15) is 4.79 Å². The van der Waals surface area contributed by atoms with Crippen molar-refractivity contribution in [1.82, 2.24) is 15.1 Å². The third kappa shape index (κ3) is 6.18. The van der Waals surface area contributed by atoms with Crippen molar-refractivity contribution in [3.05, 3.63) is 35.4 Å². The summed E-state index contributed by atoms with van der Waals surface area (Å²) in [5, 5.41) is 3.41. The van der Waals surface area contributed by atoms with Crippen LogP contribution in [0.25, 0.3) is 0 Å². The number of guanidine groups is 1. The van der Waals surface area contributed by atoms with Gasteiger partial charge in [-0.05, 0) is 30.9 Å². The van der Waals surface area contributed by atoms with Gasteiger partial charge in [-0.2, -0.15) is 0 Å². The maximum absolute atomic E-state index is 11.8. The zero-order valence-corrected chi connectivity index (χ0v) is 17.7. The molecule has 7 heteroatoms. The number of hydrogen-bond donors (Lipinski definition) is 1. The van der Waals surface area contributed by atoms with E-state index < -0.39 is 0 Å². The van der Waals surface area contributed by atoms with E-state index in [1.165, 1.54) is 18.2 Å². The Bertz CT molecular complexity index is 680. The predicted octanol–water partition coefficient (Wildman–Crippen LogP) is 1.87.